The Balaban J connectivity index is 2.13. The van der Waals surface area contributed by atoms with Crippen LogP contribution in [0.3, 0.4) is 0 Å². The quantitative estimate of drug-likeness (QED) is 0.819. The zero-order valence-corrected chi connectivity index (χ0v) is 12.4. The van der Waals surface area contributed by atoms with Crippen molar-refractivity contribution in [2.24, 2.45) is 16.9 Å². The Morgan fingerprint density at radius 2 is 2.00 bits per heavy atom. The van der Waals surface area contributed by atoms with Gasteiger partial charge in [-0.25, -0.2) is 5.43 Å². The molecular weight excluding hydrogens is 276 g/mol. The third-order valence-electron chi connectivity index (χ3n) is 3.77. The summed E-state index contributed by atoms with van der Waals surface area (Å²) in [5.74, 6) is 0.221. The van der Waals surface area contributed by atoms with Gasteiger partial charge in [0.15, 0.2) is 0 Å². The van der Waals surface area contributed by atoms with E-state index in [0.29, 0.717) is 16.9 Å². The predicted molar refractivity (Wildman–Crippen MR) is 80.2 cm³/mol. The number of halogens is 1. The molecule has 20 heavy (non-hydrogen) atoms. The number of hydrogen-bond donors (Lipinski definition) is 2. The Hall–Kier alpha value is -1.55. The highest BCUT2D eigenvalue weighted by Crippen LogP contribution is 2.26. The molecule has 1 fully saturated rings. The molecule has 1 saturated carbocycles. The van der Waals surface area contributed by atoms with Gasteiger partial charge in [-0.2, -0.15) is 5.10 Å². The normalized spacial score (nSPS) is 22.4. The minimum absolute atomic E-state index is 0.100. The van der Waals surface area contributed by atoms with E-state index in [0.717, 1.165) is 18.6 Å². The monoisotopic (exact) mass is 294 g/mol. The van der Waals surface area contributed by atoms with Gasteiger partial charge in [-0.1, -0.05) is 31.9 Å². The van der Waals surface area contributed by atoms with E-state index in [4.69, 9.17) is 11.6 Å². The van der Waals surface area contributed by atoms with E-state index in [1.807, 2.05) is 0 Å². The van der Waals surface area contributed by atoms with Crippen molar-refractivity contribution in [1.82, 2.24) is 5.43 Å². The molecule has 1 amide bonds. The van der Waals surface area contributed by atoms with E-state index in [1.165, 1.54) is 24.6 Å². The van der Waals surface area contributed by atoms with Crippen LogP contribution in [-0.2, 0) is 0 Å². The highest BCUT2D eigenvalue weighted by atomic mass is 35.5. The lowest BCUT2D eigenvalue weighted by atomic mass is 9.81. The molecule has 1 aromatic carbocycles. The van der Waals surface area contributed by atoms with Crippen LogP contribution in [0.25, 0.3) is 0 Å². The van der Waals surface area contributed by atoms with Crippen LogP contribution in [0.4, 0.5) is 0 Å². The average Bonchev–Trinajstić information content (AvgIpc) is 2.40. The van der Waals surface area contributed by atoms with E-state index in [9.17, 15) is 9.90 Å². The van der Waals surface area contributed by atoms with E-state index in [2.05, 4.69) is 24.4 Å². The van der Waals surface area contributed by atoms with Crippen molar-refractivity contribution in [3.8, 4) is 5.75 Å². The molecule has 5 heteroatoms. The maximum atomic E-state index is 12.0. The number of nitrogens with one attached hydrogen (secondary N) is 1. The molecule has 2 N–H and O–H groups in total. The molecule has 0 radical (unpaired) electrons. The molecule has 108 valence electrons. The summed E-state index contributed by atoms with van der Waals surface area (Å²) in [7, 11) is 0. The van der Waals surface area contributed by atoms with Gasteiger partial charge in [0, 0.05) is 10.7 Å². The number of benzene rings is 1. The summed E-state index contributed by atoms with van der Waals surface area (Å²) in [6, 6.07) is 4.36. The first-order valence-electron chi connectivity index (χ1n) is 6.85. The van der Waals surface area contributed by atoms with Crippen LogP contribution in [-0.4, -0.2) is 16.7 Å². The Bertz CT molecular complexity index is 531. The molecule has 0 heterocycles. The number of phenolic OH excluding ortho intramolecular Hbond substituents is 1. The van der Waals surface area contributed by atoms with Crippen molar-refractivity contribution >= 4 is 23.2 Å². The Morgan fingerprint density at radius 3 is 2.65 bits per heavy atom. The highest BCUT2D eigenvalue weighted by Gasteiger charge is 2.23. The second-order valence-corrected chi connectivity index (χ2v) is 5.81. The first-order valence-corrected chi connectivity index (χ1v) is 7.23. The molecule has 0 saturated heterocycles. The number of hydrogen-bond acceptors (Lipinski definition) is 3. The van der Waals surface area contributed by atoms with E-state index >= 15 is 0 Å². The second kappa shape index (κ2) is 6.27. The molecule has 0 unspecified atom stereocenters. The van der Waals surface area contributed by atoms with Crippen LogP contribution in [0.2, 0.25) is 5.02 Å². The molecule has 0 aromatic heterocycles. The Kier molecular flexibility index (Phi) is 4.65. The molecule has 1 aromatic rings. The lowest BCUT2D eigenvalue weighted by Crippen LogP contribution is -2.29. The Labute approximate surface area is 123 Å². The molecular formula is C15H19ClN2O2. The predicted octanol–water partition coefficient (Wildman–Crippen LogP) is 3.59. The molecule has 2 atom stereocenters. The minimum atomic E-state index is -0.442. The van der Waals surface area contributed by atoms with Gasteiger partial charge in [-0.05, 0) is 42.9 Å². The van der Waals surface area contributed by atoms with E-state index < -0.39 is 5.91 Å². The maximum absolute atomic E-state index is 12.0. The summed E-state index contributed by atoms with van der Waals surface area (Å²) >= 11 is 5.83. The number of amides is 1. The molecule has 1 aliphatic carbocycles. The van der Waals surface area contributed by atoms with Crippen LogP contribution in [0, 0.1) is 11.8 Å². The summed E-state index contributed by atoms with van der Waals surface area (Å²) in [6.07, 6.45) is 3.40. The number of rotatable bonds is 2. The third-order valence-corrected chi connectivity index (χ3v) is 4.01. The van der Waals surface area contributed by atoms with Crippen molar-refractivity contribution in [3.63, 3.8) is 0 Å². The number of phenols is 1. The lowest BCUT2D eigenvalue weighted by molar-refractivity contribution is 0.0951. The van der Waals surface area contributed by atoms with Crippen molar-refractivity contribution < 1.29 is 9.90 Å². The minimum Gasteiger partial charge on any atom is -0.507 e. The van der Waals surface area contributed by atoms with Crippen LogP contribution in [0.5, 0.6) is 5.75 Å². The SMILES string of the molecule is C[C@H]1CCC[C@H](C)C1=NNC(=O)c1cc(Cl)ccc1O. The van der Waals surface area contributed by atoms with Crippen LogP contribution < -0.4 is 5.43 Å². The van der Waals surface area contributed by atoms with Gasteiger partial charge in [-0.15, -0.1) is 0 Å². The summed E-state index contributed by atoms with van der Waals surface area (Å²) in [5.41, 5.74) is 3.68. The summed E-state index contributed by atoms with van der Waals surface area (Å²) < 4.78 is 0. The van der Waals surface area contributed by atoms with Gasteiger partial charge in [0.05, 0.1) is 5.56 Å². The van der Waals surface area contributed by atoms with Gasteiger partial charge < -0.3 is 5.11 Å². The highest BCUT2D eigenvalue weighted by molar-refractivity contribution is 6.31. The van der Waals surface area contributed by atoms with Gasteiger partial charge in [0.2, 0.25) is 0 Å². The average molecular weight is 295 g/mol. The van der Waals surface area contributed by atoms with Crippen LogP contribution in [0.1, 0.15) is 43.5 Å². The third kappa shape index (κ3) is 3.31. The molecule has 0 spiro atoms. The fraction of sp³-hybridized carbons (Fsp3) is 0.467. The summed E-state index contributed by atoms with van der Waals surface area (Å²) in [6.45, 7) is 4.25. The van der Waals surface area contributed by atoms with Gasteiger partial charge in [0.1, 0.15) is 5.75 Å². The van der Waals surface area contributed by atoms with Crippen molar-refractivity contribution in [2.45, 2.75) is 33.1 Å². The van der Waals surface area contributed by atoms with Crippen LogP contribution >= 0.6 is 11.6 Å². The van der Waals surface area contributed by atoms with Gasteiger partial charge >= 0.3 is 0 Å². The van der Waals surface area contributed by atoms with E-state index in [-0.39, 0.29) is 11.3 Å². The maximum Gasteiger partial charge on any atom is 0.275 e. The largest absolute Gasteiger partial charge is 0.507 e. The fourth-order valence-electron chi connectivity index (χ4n) is 2.60. The first-order chi connectivity index (χ1) is 9.49. The van der Waals surface area contributed by atoms with Gasteiger partial charge in [-0.3, -0.25) is 4.79 Å². The summed E-state index contributed by atoms with van der Waals surface area (Å²) in [5, 5.41) is 14.3. The zero-order chi connectivity index (χ0) is 14.7. The van der Waals surface area contributed by atoms with Crippen molar-refractivity contribution in [3.05, 3.63) is 28.8 Å². The first kappa shape index (κ1) is 14.9. The second-order valence-electron chi connectivity index (χ2n) is 5.37. The van der Waals surface area contributed by atoms with E-state index in [1.54, 1.807) is 0 Å². The molecule has 4 nitrogen and oxygen atoms in total. The standard InChI is InChI=1S/C15H19ClN2O2/c1-9-4-3-5-10(2)14(9)17-18-15(20)12-8-11(16)6-7-13(12)19/h6-10,19H,3-5H2,1-2H3,(H,18,20)/t9-,10-/m0/s1. The molecule has 2 rings (SSSR count). The zero-order valence-electron chi connectivity index (χ0n) is 11.7. The number of hydrazone groups is 1. The van der Waals surface area contributed by atoms with Crippen molar-refractivity contribution in [1.29, 1.82) is 0 Å². The Morgan fingerprint density at radius 1 is 1.35 bits per heavy atom. The lowest BCUT2D eigenvalue weighted by Gasteiger charge is -2.26. The number of carbonyl (C=O) groups is 1. The number of nitrogens with zero attached hydrogens (tertiary/aromatic N) is 1. The number of carbonyl (C=O) groups excluding carboxylic acids is 1. The smallest absolute Gasteiger partial charge is 0.275 e. The molecule has 0 aliphatic heterocycles. The summed E-state index contributed by atoms with van der Waals surface area (Å²) in [4.78, 5) is 12.0. The fourth-order valence-corrected chi connectivity index (χ4v) is 2.77. The van der Waals surface area contributed by atoms with Gasteiger partial charge in [0.25, 0.3) is 5.91 Å². The van der Waals surface area contributed by atoms with Crippen molar-refractivity contribution in [2.75, 3.05) is 0 Å². The molecule has 0 bridgehead atoms. The molecule has 1 aliphatic rings. The number of aromatic hydroxyl groups is 1. The van der Waals surface area contributed by atoms with Crippen LogP contribution in [0.15, 0.2) is 23.3 Å². The topological polar surface area (TPSA) is 61.7 Å².